The predicted octanol–water partition coefficient (Wildman–Crippen LogP) is 3.97. The van der Waals surface area contributed by atoms with Gasteiger partial charge in [-0.25, -0.2) is 0 Å². The average molecular weight is 406 g/mol. The highest BCUT2D eigenvalue weighted by Gasteiger charge is 2.19. The second-order valence-corrected chi connectivity index (χ2v) is 7.07. The zero-order valence-electron chi connectivity index (χ0n) is 11.8. The highest BCUT2D eigenvalue weighted by Crippen LogP contribution is 2.33. The Morgan fingerprint density at radius 3 is 2.60 bits per heavy atom. The maximum atomic E-state index is 5.95. The van der Waals surface area contributed by atoms with Crippen molar-refractivity contribution < 1.29 is 4.74 Å². The van der Waals surface area contributed by atoms with Gasteiger partial charge in [-0.15, -0.1) is 0 Å². The van der Waals surface area contributed by atoms with Crippen molar-refractivity contribution in [3.8, 4) is 5.75 Å². The Morgan fingerprint density at radius 1 is 1.25 bits per heavy atom. The molecule has 1 aliphatic rings. The van der Waals surface area contributed by atoms with Gasteiger partial charge < -0.3 is 15.8 Å². The summed E-state index contributed by atoms with van der Waals surface area (Å²) in [4.78, 5) is 0. The van der Waals surface area contributed by atoms with Crippen LogP contribution in [0, 0.1) is 0 Å². The molecule has 1 aromatic carbocycles. The largest absolute Gasteiger partial charge is 0.492 e. The van der Waals surface area contributed by atoms with E-state index in [4.69, 9.17) is 10.5 Å². The summed E-state index contributed by atoms with van der Waals surface area (Å²) in [6.45, 7) is 3.51. The fraction of sp³-hybridized carbons (Fsp3) is 0.600. The molecule has 3 nitrogen and oxygen atoms in total. The number of nitrogens with two attached hydrogens (primary N) is 1. The van der Waals surface area contributed by atoms with Gasteiger partial charge in [0.1, 0.15) is 5.75 Å². The van der Waals surface area contributed by atoms with Crippen molar-refractivity contribution in [2.75, 3.05) is 6.61 Å². The number of rotatable bonds is 5. The van der Waals surface area contributed by atoms with E-state index in [0.717, 1.165) is 34.1 Å². The number of halogens is 2. The predicted molar refractivity (Wildman–Crippen MR) is 90.1 cm³/mol. The van der Waals surface area contributed by atoms with Gasteiger partial charge in [0.05, 0.1) is 11.1 Å². The lowest BCUT2D eigenvalue weighted by Crippen LogP contribution is -2.37. The summed E-state index contributed by atoms with van der Waals surface area (Å²) in [7, 11) is 0. The van der Waals surface area contributed by atoms with Crippen molar-refractivity contribution >= 4 is 31.9 Å². The fourth-order valence-corrected chi connectivity index (χ4v) is 4.06. The number of ether oxygens (including phenoxy) is 1. The van der Waals surface area contributed by atoms with E-state index in [1.807, 2.05) is 13.0 Å². The van der Waals surface area contributed by atoms with Crippen LogP contribution in [0.3, 0.4) is 0 Å². The first-order valence-electron chi connectivity index (χ1n) is 7.19. The Morgan fingerprint density at radius 2 is 1.95 bits per heavy atom. The summed E-state index contributed by atoms with van der Waals surface area (Å²) in [5.74, 6) is 0.940. The molecule has 1 fully saturated rings. The first-order chi connectivity index (χ1) is 9.60. The number of hydrogen-bond donors (Lipinski definition) is 2. The minimum absolute atomic E-state index is 0.395. The molecule has 0 bridgehead atoms. The molecule has 2 rings (SSSR count). The minimum atomic E-state index is 0.395. The van der Waals surface area contributed by atoms with Crippen LogP contribution in [0.1, 0.15) is 38.2 Å². The summed E-state index contributed by atoms with van der Waals surface area (Å²) >= 11 is 7.12. The molecule has 0 amide bonds. The molecule has 0 heterocycles. The number of hydrogen-bond acceptors (Lipinski definition) is 3. The number of benzene rings is 1. The van der Waals surface area contributed by atoms with Crippen LogP contribution in [0.15, 0.2) is 21.1 Å². The van der Waals surface area contributed by atoms with Gasteiger partial charge in [-0.05, 0) is 60.7 Å². The monoisotopic (exact) mass is 404 g/mol. The standard InChI is InChI=1S/C15H22Br2N2O/c1-2-20-15-10(7-11(16)8-14(15)17)9-19-13-5-3-12(18)4-6-13/h7-8,12-13,19H,2-6,9,18H2,1H3. The SMILES string of the molecule is CCOc1c(Br)cc(Br)cc1CNC1CCC(N)CC1. The van der Waals surface area contributed by atoms with Crippen molar-refractivity contribution in [2.24, 2.45) is 5.73 Å². The zero-order chi connectivity index (χ0) is 14.5. The molecule has 0 aromatic heterocycles. The summed E-state index contributed by atoms with van der Waals surface area (Å²) in [6, 6.07) is 5.11. The molecule has 1 aromatic rings. The molecule has 20 heavy (non-hydrogen) atoms. The third-order valence-corrected chi connectivity index (χ3v) is 4.77. The van der Waals surface area contributed by atoms with E-state index < -0.39 is 0 Å². The van der Waals surface area contributed by atoms with Gasteiger partial charge in [-0.2, -0.15) is 0 Å². The van der Waals surface area contributed by atoms with E-state index in [1.165, 1.54) is 18.4 Å². The van der Waals surface area contributed by atoms with Gasteiger partial charge >= 0.3 is 0 Å². The minimum Gasteiger partial charge on any atom is -0.492 e. The molecule has 5 heteroatoms. The molecule has 0 aliphatic heterocycles. The lowest BCUT2D eigenvalue weighted by atomic mass is 9.92. The molecule has 112 valence electrons. The Kier molecular flexibility index (Phi) is 6.33. The van der Waals surface area contributed by atoms with E-state index in [1.54, 1.807) is 0 Å². The van der Waals surface area contributed by atoms with Gasteiger partial charge in [0.15, 0.2) is 0 Å². The quantitative estimate of drug-likeness (QED) is 0.778. The second-order valence-electron chi connectivity index (χ2n) is 5.30. The summed E-state index contributed by atoms with van der Waals surface area (Å²) in [5.41, 5.74) is 7.13. The van der Waals surface area contributed by atoms with Crippen LogP contribution in [0.2, 0.25) is 0 Å². The first-order valence-corrected chi connectivity index (χ1v) is 8.78. The Labute approximate surface area is 137 Å². The van der Waals surface area contributed by atoms with E-state index >= 15 is 0 Å². The Balaban J connectivity index is 2.01. The van der Waals surface area contributed by atoms with Gasteiger partial charge in [0.25, 0.3) is 0 Å². The van der Waals surface area contributed by atoms with Crippen molar-refractivity contribution in [3.63, 3.8) is 0 Å². The molecular formula is C15H22Br2N2O. The zero-order valence-corrected chi connectivity index (χ0v) is 15.0. The van der Waals surface area contributed by atoms with E-state index in [2.05, 4.69) is 43.2 Å². The smallest absolute Gasteiger partial charge is 0.138 e. The highest BCUT2D eigenvalue weighted by atomic mass is 79.9. The van der Waals surface area contributed by atoms with E-state index in [9.17, 15) is 0 Å². The molecule has 0 radical (unpaired) electrons. The van der Waals surface area contributed by atoms with Crippen LogP contribution in [0.25, 0.3) is 0 Å². The molecule has 0 saturated heterocycles. The van der Waals surface area contributed by atoms with Gasteiger partial charge in [-0.3, -0.25) is 0 Å². The van der Waals surface area contributed by atoms with Crippen molar-refractivity contribution in [2.45, 2.75) is 51.2 Å². The highest BCUT2D eigenvalue weighted by molar-refractivity contribution is 9.11. The third kappa shape index (κ3) is 4.45. The van der Waals surface area contributed by atoms with Crippen LogP contribution < -0.4 is 15.8 Å². The van der Waals surface area contributed by atoms with Crippen molar-refractivity contribution in [3.05, 3.63) is 26.6 Å². The Hall–Kier alpha value is -0.100. The van der Waals surface area contributed by atoms with Gasteiger partial charge in [0.2, 0.25) is 0 Å². The fourth-order valence-electron chi connectivity index (χ4n) is 2.63. The molecule has 0 atom stereocenters. The van der Waals surface area contributed by atoms with Gasteiger partial charge in [-0.1, -0.05) is 15.9 Å². The second kappa shape index (κ2) is 7.78. The third-order valence-electron chi connectivity index (χ3n) is 3.73. The Bertz CT molecular complexity index is 446. The molecule has 1 aliphatic carbocycles. The van der Waals surface area contributed by atoms with E-state index in [-0.39, 0.29) is 0 Å². The lowest BCUT2D eigenvalue weighted by Gasteiger charge is -2.27. The normalized spacial score (nSPS) is 22.8. The van der Waals surface area contributed by atoms with Crippen LogP contribution in [-0.4, -0.2) is 18.7 Å². The number of nitrogens with one attached hydrogen (secondary N) is 1. The van der Waals surface area contributed by atoms with Crippen molar-refractivity contribution in [1.29, 1.82) is 0 Å². The van der Waals surface area contributed by atoms with Crippen LogP contribution in [0.5, 0.6) is 5.75 Å². The van der Waals surface area contributed by atoms with Gasteiger partial charge in [0, 0.05) is 28.7 Å². The first kappa shape index (κ1) is 16.3. The summed E-state index contributed by atoms with van der Waals surface area (Å²) < 4.78 is 7.81. The van der Waals surface area contributed by atoms with E-state index in [0.29, 0.717) is 18.7 Å². The molecule has 3 N–H and O–H groups in total. The molecule has 0 unspecified atom stereocenters. The maximum absolute atomic E-state index is 5.95. The van der Waals surface area contributed by atoms with Crippen LogP contribution in [-0.2, 0) is 6.54 Å². The molecule has 0 spiro atoms. The lowest BCUT2D eigenvalue weighted by molar-refractivity contribution is 0.323. The topological polar surface area (TPSA) is 47.3 Å². The summed E-state index contributed by atoms with van der Waals surface area (Å²) in [6.07, 6.45) is 4.58. The summed E-state index contributed by atoms with van der Waals surface area (Å²) in [5, 5.41) is 3.63. The van der Waals surface area contributed by atoms with Crippen molar-refractivity contribution in [1.82, 2.24) is 5.32 Å². The van der Waals surface area contributed by atoms with Crippen LogP contribution in [0.4, 0.5) is 0 Å². The maximum Gasteiger partial charge on any atom is 0.138 e. The molecular weight excluding hydrogens is 384 g/mol. The molecule has 1 saturated carbocycles. The van der Waals surface area contributed by atoms with Crippen LogP contribution >= 0.6 is 31.9 Å². The average Bonchev–Trinajstić information content (AvgIpc) is 2.41.